The summed E-state index contributed by atoms with van der Waals surface area (Å²) in [5.74, 6) is 0.338. The van der Waals surface area contributed by atoms with Gasteiger partial charge >= 0.3 is 0 Å². The van der Waals surface area contributed by atoms with Gasteiger partial charge in [-0.2, -0.15) is 0 Å². The van der Waals surface area contributed by atoms with Gasteiger partial charge in [0.25, 0.3) is 5.69 Å². The van der Waals surface area contributed by atoms with Crippen LogP contribution in [-0.4, -0.2) is 42.8 Å². The third kappa shape index (κ3) is 3.07. The van der Waals surface area contributed by atoms with Crippen LogP contribution in [0.15, 0.2) is 18.2 Å². The van der Waals surface area contributed by atoms with Crippen molar-refractivity contribution in [1.29, 1.82) is 0 Å². The van der Waals surface area contributed by atoms with Gasteiger partial charge in [-0.05, 0) is 19.0 Å². The summed E-state index contributed by atoms with van der Waals surface area (Å²) in [6, 6.07) is 4.61. The first-order chi connectivity index (χ1) is 9.30. The quantitative estimate of drug-likeness (QED) is 0.500. The number of nitro groups is 1. The van der Waals surface area contributed by atoms with E-state index < -0.39 is 14.8 Å². The maximum Gasteiger partial charge on any atom is 0.292 e. The molecule has 2 rings (SSSR count). The Morgan fingerprint density at radius 2 is 2.20 bits per heavy atom. The third-order valence-electron chi connectivity index (χ3n) is 3.62. The van der Waals surface area contributed by atoms with Crippen LogP contribution in [0.25, 0.3) is 0 Å². The first kappa shape index (κ1) is 14.7. The molecule has 1 fully saturated rings. The molecule has 110 valence electrons. The molecule has 1 heterocycles. The summed E-state index contributed by atoms with van der Waals surface area (Å²) in [4.78, 5) is 12.2. The highest BCUT2D eigenvalue weighted by Gasteiger charge is 2.31. The van der Waals surface area contributed by atoms with Crippen LogP contribution in [-0.2, 0) is 16.4 Å². The summed E-state index contributed by atoms with van der Waals surface area (Å²) in [6.07, 6.45) is 0.591. The SMILES string of the molecule is CN(Cc1cccc([N+](=O)[O-])c1N)C1CCS(=O)(=O)C1. The van der Waals surface area contributed by atoms with Crippen LogP contribution in [0.2, 0.25) is 0 Å². The van der Waals surface area contributed by atoms with Crippen LogP contribution in [0.1, 0.15) is 12.0 Å². The van der Waals surface area contributed by atoms with Crippen molar-refractivity contribution in [3.8, 4) is 0 Å². The fourth-order valence-electron chi connectivity index (χ4n) is 2.42. The molecule has 1 atom stereocenters. The van der Waals surface area contributed by atoms with E-state index >= 15 is 0 Å². The molecule has 8 heteroatoms. The largest absolute Gasteiger partial charge is 0.393 e. The van der Waals surface area contributed by atoms with E-state index in [1.807, 2.05) is 11.9 Å². The zero-order valence-corrected chi connectivity index (χ0v) is 12.0. The Morgan fingerprint density at radius 3 is 2.75 bits per heavy atom. The van der Waals surface area contributed by atoms with Gasteiger partial charge in [-0.3, -0.25) is 15.0 Å². The number of nitrogens with zero attached hydrogens (tertiary/aromatic N) is 2. The highest BCUT2D eigenvalue weighted by atomic mass is 32.2. The summed E-state index contributed by atoms with van der Waals surface area (Å²) in [5.41, 5.74) is 6.47. The number of para-hydroxylation sites is 1. The molecule has 7 nitrogen and oxygen atoms in total. The van der Waals surface area contributed by atoms with Gasteiger partial charge in [0.15, 0.2) is 9.84 Å². The first-order valence-corrected chi connectivity index (χ1v) is 8.05. The van der Waals surface area contributed by atoms with E-state index in [-0.39, 0.29) is 28.9 Å². The third-order valence-corrected chi connectivity index (χ3v) is 5.37. The number of rotatable bonds is 4. The molecule has 0 spiro atoms. The van der Waals surface area contributed by atoms with E-state index in [0.29, 0.717) is 18.5 Å². The Hall–Kier alpha value is -1.67. The van der Waals surface area contributed by atoms with Crippen molar-refractivity contribution in [3.05, 3.63) is 33.9 Å². The highest BCUT2D eigenvalue weighted by Crippen LogP contribution is 2.27. The van der Waals surface area contributed by atoms with Gasteiger partial charge in [0.1, 0.15) is 5.69 Å². The van der Waals surface area contributed by atoms with Crippen molar-refractivity contribution in [2.24, 2.45) is 0 Å². The van der Waals surface area contributed by atoms with Gasteiger partial charge in [-0.25, -0.2) is 8.42 Å². The minimum absolute atomic E-state index is 0.0568. The van der Waals surface area contributed by atoms with Crippen LogP contribution >= 0.6 is 0 Å². The van der Waals surface area contributed by atoms with Crippen LogP contribution in [0, 0.1) is 10.1 Å². The summed E-state index contributed by atoms with van der Waals surface area (Å²) >= 11 is 0. The number of anilines is 1. The molecule has 1 aliphatic rings. The van der Waals surface area contributed by atoms with Crippen molar-refractivity contribution in [3.63, 3.8) is 0 Å². The van der Waals surface area contributed by atoms with Gasteiger partial charge in [0.05, 0.1) is 16.4 Å². The molecule has 0 aliphatic carbocycles. The Kier molecular flexibility index (Phi) is 3.96. The first-order valence-electron chi connectivity index (χ1n) is 6.22. The molecule has 0 bridgehead atoms. The molecule has 1 unspecified atom stereocenters. The van der Waals surface area contributed by atoms with Crippen LogP contribution < -0.4 is 5.73 Å². The zero-order valence-electron chi connectivity index (χ0n) is 11.2. The average molecular weight is 299 g/mol. The second-order valence-corrected chi connectivity index (χ2v) is 7.31. The lowest BCUT2D eigenvalue weighted by Gasteiger charge is -2.23. The lowest BCUT2D eigenvalue weighted by atomic mass is 10.1. The Balaban J connectivity index is 2.14. The monoisotopic (exact) mass is 299 g/mol. The van der Waals surface area contributed by atoms with Crippen LogP contribution in [0.3, 0.4) is 0 Å². The van der Waals surface area contributed by atoms with Gasteiger partial charge < -0.3 is 5.73 Å². The fraction of sp³-hybridized carbons (Fsp3) is 0.500. The van der Waals surface area contributed by atoms with E-state index in [1.54, 1.807) is 12.1 Å². The smallest absolute Gasteiger partial charge is 0.292 e. The standard InChI is InChI=1S/C12H17N3O4S/c1-14(10-5-6-20(18,19)8-10)7-9-3-2-4-11(12(9)13)15(16)17/h2-4,10H,5-8,13H2,1H3. The minimum atomic E-state index is -2.95. The Morgan fingerprint density at radius 1 is 1.50 bits per heavy atom. The molecule has 1 aliphatic heterocycles. The number of benzene rings is 1. The van der Waals surface area contributed by atoms with Crippen molar-refractivity contribution < 1.29 is 13.3 Å². The predicted octanol–water partition coefficient (Wildman–Crippen LogP) is 0.796. The molecular weight excluding hydrogens is 282 g/mol. The lowest BCUT2D eigenvalue weighted by Crippen LogP contribution is -2.32. The summed E-state index contributed by atoms with van der Waals surface area (Å²) in [6.45, 7) is 0.397. The zero-order chi connectivity index (χ0) is 14.9. The number of hydrogen-bond donors (Lipinski definition) is 1. The van der Waals surface area contributed by atoms with E-state index in [1.165, 1.54) is 6.07 Å². The molecular formula is C12H17N3O4S. The molecule has 2 N–H and O–H groups in total. The molecule has 0 radical (unpaired) electrons. The molecule has 0 saturated carbocycles. The maximum atomic E-state index is 11.5. The van der Waals surface area contributed by atoms with Crippen molar-refractivity contribution >= 4 is 21.2 Å². The van der Waals surface area contributed by atoms with E-state index in [2.05, 4.69) is 0 Å². The highest BCUT2D eigenvalue weighted by molar-refractivity contribution is 7.91. The second-order valence-electron chi connectivity index (χ2n) is 5.08. The van der Waals surface area contributed by atoms with E-state index in [0.717, 1.165) is 0 Å². The molecule has 1 aromatic carbocycles. The number of hydrogen-bond acceptors (Lipinski definition) is 6. The number of sulfone groups is 1. The predicted molar refractivity (Wildman–Crippen MR) is 76.0 cm³/mol. The average Bonchev–Trinajstić information content (AvgIpc) is 2.72. The number of nitrogens with two attached hydrogens (primary N) is 1. The molecule has 0 amide bonds. The summed E-state index contributed by atoms with van der Waals surface area (Å²) in [7, 11) is -1.14. The minimum Gasteiger partial charge on any atom is -0.393 e. The van der Waals surface area contributed by atoms with E-state index in [9.17, 15) is 18.5 Å². The van der Waals surface area contributed by atoms with Gasteiger partial charge in [0.2, 0.25) is 0 Å². The lowest BCUT2D eigenvalue weighted by molar-refractivity contribution is -0.384. The van der Waals surface area contributed by atoms with Crippen molar-refractivity contribution in [2.45, 2.75) is 19.0 Å². The van der Waals surface area contributed by atoms with Gasteiger partial charge in [0, 0.05) is 18.7 Å². The molecule has 20 heavy (non-hydrogen) atoms. The van der Waals surface area contributed by atoms with Gasteiger partial charge in [-0.1, -0.05) is 12.1 Å². The fourth-order valence-corrected chi connectivity index (χ4v) is 4.22. The van der Waals surface area contributed by atoms with Crippen LogP contribution in [0.5, 0.6) is 0 Å². The maximum absolute atomic E-state index is 11.5. The van der Waals surface area contributed by atoms with E-state index in [4.69, 9.17) is 5.73 Å². The number of nitrogen functional groups attached to an aromatic ring is 1. The topological polar surface area (TPSA) is 107 Å². The summed E-state index contributed by atoms with van der Waals surface area (Å²) in [5, 5.41) is 10.8. The molecule has 1 aromatic rings. The van der Waals surface area contributed by atoms with Gasteiger partial charge in [-0.15, -0.1) is 0 Å². The Labute approximate surface area is 117 Å². The van der Waals surface area contributed by atoms with Crippen molar-refractivity contribution in [2.75, 3.05) is 24.3 Å². The normalized spacial score (nSPS) is 21.2. The second kappa shape index (κ2) is 5.37. The summed E-state index contributed by atoms with van der Waals surface area (Å²) < 4.78 is 22.9. The molecule has 0 aromatic heterocycles. The number of nitro benzene ring substituents is 1. The Bertz CT molecular complexity index is 630. The van der Waals surface area contributed by atoms with Crippen molar-refractivity contribution in [1.82, 2.24) is 4.90 Å². The van der Waals surface area contributed by atoms with Crippen LogP contribution in [0.4, 0.5) is 11.4 Å². The molecule has 1 saturated heterocycles.